The molecule has 0 spiro atoms. The van der Waals surface area contributed by atoms with E-state index in [0.29, 0.717) is 6.10 Å². The summed E-state index contributed by atoms with van der Waals surface area (Å²) in [5.74, 6) is 0.743. The Morgan fingerprint density at radius 3 is 3.07 bits per heavy atom. The van der Waals surface area contributed by atoms with Gasteiger partial charge in [0.2, 0.25) is 0 Å². The van der Waals surface area contributed by atoms with Gasteiger partial charge in [0.15, 0.2) is 0 Å². The molecule has 0 heterocycles. The standard InChI is InChI=1S/C14H16O/c1-15-13-9-8-11-5-2-4-10-6-3-7-12(13)14(10)11/h2-4,6-7,11,13H,5,8-9H2,1H3. The fraction of sp³-hybridized carbons (Fsp3) is 0.429. The Bertz CT molecular complexity index is 406. The van der Waals surface area contributed by atoms with E-state index in [9.17, 15) is 0 Å². The van der Waals surface area contributed by atoms with E-state index in [1.807, 2.05) is 7.11 Å². The Balaban J connectivity index is 2.18. The Hall–Kier alpha value is -1.08. The maximum atomic E-state index is 5.57. The van der Waals surface area contributed by atoms with Gasteiger partial charge in [-0.1, -0.05) is 30.4 Å². The van der Waals surface area contributed by atoms with Crippen LogP contribution in [0.1, 0.15) is 48.0 Å². The molecule has 2 aliphatic carbocycles. The largest absolute Gasteiger partial charge is 0.377 e. The highest BCUT2D eigenvalue weighted by Gasteiger charge is 2.29. The van der Waals surface area contributed by atoms with Crippen LogP contribution in [-0.4, -0.2) is 7.11 Å². The Morgan fingerprint density at radius 1 is 1.27 bits per heavy atom. The number of methoxy groups -OCH3 is 1. The second kappa shape index (κ2) is 3.49. The third-order valence-corrected chi connectivity index (χ3v) is 3.71. The van der Waals surface area contributed by atoms with E-state index < -0.39 is 0 Å². The van der Waals surface area contributed by atoms with Crippen molar-refractivity contribution < 1.29 is 4.74 Å². The monoisotopic (exact) mass is 200 g/mol. The van der Waals surface area contributed by atoms with Crippen LogP contribution in [0.2, 0.25) is 0 Å². The first-order valence-corrected chi connectivity index (χ1v) is 5.72. The summed E-state index contributed by atoms with van der Waals surface area (Å²) in [7, 11) is 1.82. The summed E-state index contributed by atoms with van der Waals surface area (Å²) in [6.45, 7) is 0. The topological polar surface area (TPSA) is 9.23 Å². The van der Waals surface area contributed by atoms with Crippen molar-refractivity contribution in [2.24, 2.45) is 0 Å². The van der Waals surface area contributed by atoms with Crippen LogP contribution in [0.3, 0.4) is 0 Å². The second-order valence-corrected chi connectivity index (χ2v) is 4.49. The first kappa shape index (κ1) is 9.17. The zero-order chi connectivity index (χ0) is 10.3. The number of allylic oxidation sites excluding steroid dienone is 1. The molecule has 0 fully saturated rings. The summed E-state index contributed by atoms with van der Waals surface area (Å²) in [4.78, 5) is 0. The van der Waals surface area contributed by atoms with Crippen molar-refractivity contribution in [2.75, 3.05) is 7.11 Å². The van der Waals surface area contributed by atoms with E-state index >= 15 is 0 Å². The minimum Gasteiger partial charge on any atom is -0.377 e. The smallest absolute Gasteiger partial charge is 0.0824 e. The molecule has 2 aliphatic rings. The van der Waals surface area contributed by atoms with Gasteiger partial charge in [-0.3, -0.25) is 0 Å². The Labute approximate surface area is 90.8 Å². The first-order valence-electron chi connectivity index (χ1n) is 5.72. The van der Waals surface area contributed by atoms with Crippen LogP contribution in [0.25, 0.3) is 6.08 Å². The van der Waals surface area contributed by atoms with Crippen LogP contribution in [0.4, 0.5) is 0 Å². The van der Waals surface area contributed by atoms with Crippen LogP contribution >= 0.6 is 0 Å². The van der Waals surface area contributed by atoms with Crippen LogP contribution in [0.5, 0.6) is 0 Å². The fourth-order valence-corrected chi connectivity index (χ4v) is 2.99. The fourth-order valence-electron chi connectivity index (χ4n) is 2.99. The Kier molecular flexibility index (Phi) is 2.14. The first-order chi connectivity index (χ1) is 7.40. The molecule has 0 amide bonds. The lowest BCUT2D eigenvalue weighted by molar-refractivity contribution is 0.0841. The summed E-state index contributed by atoms with van der Waals surface area (Å²) < 4.78 is 5.57. The highest BCUT2D eigenvalue weighted by Crippen LogP contribution is 2.44. The molecule has 15 heavy (non-hydrogen) atoms. The van der Waals surface area contributed by atoms with Crippen LogP contribution in [0.15, 0.2) is 24.3 Å². The molecule has 0 aromatic heterocycles. The molecular weight excluding hydrogens is 184 g/mol. The number of rotatable bonds is 1. The van der Waals surface area contributed by atoms with Crippen molar-refractivity contribution in [2.45, 2.75) is 31.3 Å². The maximum Gasteiger partial charge on any atom is 0.0824 e. The van der Waals surface area contributed by atoms with E-state index in [2.05, 4.69) is 30.4 Å². The minimum atomic E-state index is 0.322. The van der Waals surface area contributed by atoms with Gasteiger partial charge >= 0.3 is 0 Å². The molecule has 1 nitrogen and oxygen atoms in total. The minimum absolute atomic E-state index is 0.322. The summed E-state index contributed by atoms with van der Waals surface area (Å²) in [5.41, 5.74) is 4.39. The van der Waals surface area contributed by atoms with Crippen molar-refractivity contribution in [3.05, 3.63) is 41.0 Å². The van der Waals surface area contributed by atoms with E-state index in [4.69, 9.17) is 4.74 Å². The number of hydrogen-bond donors (Lipinski definition) is 0. The van der Waals surface area contributed by atoms with Gasteiger partial charge in [0.1, 0.15) is 0 Å². The molecular formula is C14H16O. The van der Waals surface area contributed by atoms with E-state index in [1.54, 1.807) is 5.56 Å². The van der Waals surface area contributed by atoms with Gasteiger partial charge in [-0.2, -0.15) is 0 Å². The summed E-state index contributed by atoms with van der Waals surface area (Å²) >= 11 is 0. The molecule has 0 bridgehead atoms. The van der Waals surface area contributed by atoms with Crippen molar-refractivity contribution >= 4 is 6.08 Å². The van der Waals surface area contributed by atoms with Gasteiger partial charge in [0, 0.05) is 7.11 Å². The average Bonchev–Trinajstić information content (AvgIpc) is 2.30. The quantitative estimate of drug-likeness (QED) is 0.672. The lowest BCUT2D eigenvalue weighted by Gasteiger charge is -2.33. The van der Waals surface area contributed by atoms with E-state index in [1.165, 1.54) is 30.4 Å². The zero-order valence-corrected chi connectivity index (χ0v) is 9.07. The van der Waals surface area contributed by atoms with Crippen molar-refractivity contribution in [3.63, 3.8) is 0 Å². The number of benzene rings is 1. The van der Waals surface area contributed by atoms with Crippen LogP contribution in [0, 0.1) is 0 Å². The van der Waals surface area contributed by atoms with Gasteiger partial charge in [0.25, 0.3) is 0 Å². The summed E-state index contributed by atoms with van der Waals surface area (Å²) in [5, 5.41) is 0. The molecule has 1 heteroatoms. The van der Waals surface area contributed by atoms with Gasteiger partial charge in [-0.15, -0.1) is 0 Å². The van der Waals surface area contributed by atoms with Crippen molar-refractivity contribution in [3.8, 4) is 0 Å². The predicted molar refractivity (Wildman–Crippen MR) is 61.8 cm³/mol. The molecule has 0 N–H and O–H groups in total. The molecule has 0 aliphatic heterocycles. The highest BCUT2D eigenvalue weighted by molar-refractivity contribution is 5.61. The average molecular weight is 200 g/mol. The van der Waals surface area contributed by atoms with Gasteiger partial charge in [-0.25, -0.2) is 0 Å². The highest BCUT2D eigenvalue weighted by atomic mass is 16.5. The van der Waals surface area contributed by atoms with Crippen LogP contribution < -0.4 is 0 Å². The summed E-state index contributed by atoms with van der Waals surface area (Å²) in [6, 6.07) is 6.61. The number of hydrogen-bond acceptors (Lipinski definition) is 1. The molecule has 2 unspecified atom stereocenters. The van der Waals surface area contributed by atoms with E-state index in [-0.39, 0.29) is 0 Å². The van der Waals surface area contributed by atoms with Crippen LogP contribution in [-0.2, 0) is 4.74 Å². The molecule has 3 rings (SSSR count). The summed E-state index contributed by atoms with van der Waals surface area (Å²) in [6.07, 6.45) is 8.54. The third kappa shape index (κ3) is 1.34. The molecule has 0 radical (unpaired) electrons. The number of ether oxygens (including phenoxy) is 1. The lowest BCUT2D eigenvalue weighted by atomic mass is 9.75. The lowest BCUT2D eigenvalue weighted by Crippen LogP contribution is -2.18. The second-order valence-electron chi connectivity index (χ2n) is 4.49. The Morgan fingerprint density at radius 2 is 2.20 bits per heavy atom. The van der Waals surface area contributed by atoms with Crippen molar-refractivity contribution in [1.29, 1.82) is 0 Å². The molecule has 0 saturated heterocycles. The zero-order valence-electron chi connectivity index (χ0n) is 9.07. The maximum absolute atomic E-state index is 5.57. The predicted octanol–water partition coefficient (Wildman–Crippen LogP) is 3.67. The van der Waals surface area contributed by atoms with Gasteiger partial charge in [-0.05, 0) is 41.9 Å². The molecule has 2 atom stereocenters. The van der Waals surface area contributed by atoms with Gasteiger partial charge in [0.05, 0.1) is 6.10 Å². The third-order valence-electron chi connectivity index (χ3n) is 3.71. The normalized spacial score (nSPS) is 27.5. The van der Waals surface area contributed by atoms with Gasteiger partial charge < -0.3 is 4.74 Å². The van der Waals surface area contributed by atoms with E-state index in [0.717, 1.165) is 5.92 Å². The molecule has 1 aromatic carbocycles. The molecule has 0 saturated carbocycles. The molecule has 1 aromatic rings. The molecule has 78 valence electrons. The SMILES string of the molecule is COC1CCC2CC=Cc3cccc1c32. The van der Waals surface area contributed by atoms with Crippen molar-refractivity contribution in [1.82, 2.24) is 0 Å².